The maximum Gasteiger partial charge on any atom is 0.406 e. The fourth-order valence-electron chi connectivity index (χ4n) is 1.56. The van der Waals surface area contributed by atoms with Gasteiger partial charge in [-0.1, -0.05) is 0 Å². The van der Waals surface area contributed by atoms with Crippen LogP contribution in [0.5, 0.6) is 5.75 Å². The number of phenolic OH excluding ortho intramolecular Hbond substituents is 1. The maximum absolute atomic E-state index is 12.3. The van der Waals surface area contributed by atoms with Crippen molar-refractivity contribution < 1.29 is 28.2 Å². The molecular formula is C12H14F3NO3. The number of amides is 1. The van der Waals surface area contributed by atoms with Gasteiger partial charge in [0.25, 0.3) is 5.91 Å². The lowest BCUT2D eigenvalue weighted by Crippen LogP contribution is -2.40. The van der Waals surface area contributed by atoms with Crippen molar-refractivity contribution in [2.24, 2.45) is 0 Å². The summed E-state index contributed by atoms with van der Waals surface area (Å²) in [6, 6.07) is 3.79. The Morgan fingerprint density at radius 2 is 2.00 bits per heavy atom. The fourth-order valence-corrected chi connectivity index (χ4v) is 1.56. The zero-order valence-corrected chi connectivity index (χ0v) is 10.2. The number of carbonyl (C=O) groups is 1. The first-order valence-electron chi connectivity index (χ1n) is 5.51. The molecule has 0 aromatic heterocycles. The van der Waals surface area contributed by atoms with Crippen LogP contribution < -0.4 is 0 Å². The standard InChI is InChI=1S/C12H14F3NO3/c1-8-6-9(2-3-10(8)18)11(19)16(4-5-17)7-12(13,14)15/h2-3,6,17-18H,4-5,7H2,1H3. The van der Waals surface area contributed by atoms with E-state index in [1.165, 1.54) is 25.1 Å². The summed E-state index contributed by atoms with van der Waals surface area (Å²) in [7, 11) is 0. The highest BCUT2D eigenvalue weighted by atomic mass is 19.4. The highest BCUT2D eigenvalue weighted by molar-refractivity contribution is 5.94. The molecule has 0 bridgehead atoms. The largest absolute Gasteiger partial charge is 0.508 e. The third-order valence-electron chi connectivity index (χ3n) is 2.47. The maximum atomic E-state index is 12.3. The van der Waals surface area contributed by atoms with Crippen LogP contribution >= 0.6 is 0 Å². The smallest absolute Gasteiger partial charge is 0.406 e. The molecule has 19 heavy (non-hydrogen) atoms. The number of hydrogen-bond acceptors (Lipinski definition) is 3. The molecule has 0 unspecified atom stereocenters. The number of aryl methyl sites for hydroxylation is 1. The van der Waals surface area contributed by atoms with E-state index in [4.69, 9.17) is 5.11 Å². The van der Waals surface area contributed by atoms with Crippen LogP contribution in [-0.2, 0) is 0 Å². The molecule has 0 saturated heterocycles. The quantitative estimate of drug-likeness (QED) is 0.880. The second-order valence-electron chi connectivity index (χ2n) is 4.07. The SMILES string of the molecule is Cc1cc(C(=O)N(CCO)CC(F)(F)F)ccc1O. The lowest BCUT2D eigenvalue weighted by atomic mass is 10.1. The summed E-state index contributed by atoms with van der Waals surface area (Å²) in [5.74, 6) is -0.879. The van der Waals surface area contributed by atoms with Gasteiger partial charge in [0, 0.05) is 12.1 Å². The molecule has 106 valence electrons. The number of aromatic hydroxyl groups is 1. The summed E-state index contributed by atoms with van der Waals surface area (Å²) in [6.45, 7) is -0.851. The van der Waals surface area contributed by atoms with Gasteiger partial charge >= 0.3 is 6.18 Å². The molecule has 0 radical (unpaired) electrons. The van der Waals surface area contributed by atoms with Crippen LogP contribution in [0.4, 0.5) is 13.2 Å². The van der Waals surface area contributed by atoms with Gasteiger partial charge < -0.3 is 15.1 Å². The Morgan fingerprint density at radius 1 is 1.37 bits per heavy atom. The number of nitrogens with zero attached hydrogens (tertiary/aromatic N) is 1. The Labute approximate surface area is 108 Å². The number of halogens is 3. The number of carbonyl (C=O) groups excluding carboxylic acids is 1. The van der Waals surface area contributed by atoms with E-state index in [2.05, 4.69) is 0 Å². The van der Waals surface area contributed by atoms with Crippen molar-refractivity contribution in [2.45, 2.75) is 13.1 Å². The number of phenols is 1. The molecule has 1 rings (SSSR count). The zero-order chi connectivity index (χ0) is 14.6. The minimum Gasteiger partial charge on any atom is -0.508 e. The van der Waals surface area contributed by atoms with Crippen LogP contribution in [0.3, 0.4) is 0 Å². The van der Waals surface area contributed by atoms with Crippen molar-refractivity contribution >= 4 is 5.91 Å². The van der Waals surface area contributed by atoms with E-state index in [0.717, 1.165) is 0 Å². The third kappa shape index (κ3) is 4.44. The molecule has 0 heterocycles. The van der Waals surface area contributed by atoms with E-state index in [9.17, 15) is 23.1 Å². The van der Waals surface area contributed by atoms with Crippen molar-refractivity contribution in [3.05, 3.63) is 29.3 Å². The molecule has 0 aliphatic heterocycles. The average Bonchev–Trinajstić information content (AvgIpc) is 2.29. The number of aliphatic hydroxyl groups excluding tert-OH is 1. The number of rotatable bonds is 4. The predicted molar refractivity (Wildman–Crippen MR) is 61.9 cm³/mol. The second kappa shape index (κ2) is 5.92. The van der Waals surface area contributed by atoms with Crippen LogP contribution in [0.25, 0.3) is 0 Å². The molecule has 0 saturated carbocycles. The highest BCUT2D eigenvalue weighted by Crippen LogP contribution is 2.21. The molecule has 2 N–H and O–H groups in total. The predicted octanol–water partition coefficient (Wildman–Crippen LogP) is 1.70. The van der Waals surface area contributed by atoms with Gasteiger partial charge in [-0.2, -0.15) is 13.2 Å². The zero-order valence-electron chi connectivity index (χ0n) is 10.2. The summed E-state index contributed by atoms with van der Waals surface area (Å²) in [6.07, 6.45) is -4.53. The molecule has 0 fully saturated rings. The normalized spacial score (nSPS) is 11.4. The van der Waals surface area contributed by atoms with Gasteiger partial charge in [0.2, 0.25) is 0 Å². The summed E-state index contributed by atoms with van der Waals surface area (Å²) in [5.41, 5.74) is 0.426. The van der Waals surface area contributed by atoms with E-state index >= 15 is 0 Å². The van der Waals surface area contributed by atoms with Crippen molar-refractivity contribution in [1.82, 2.24) is 4.90 Å². The number of aliphatic hydroxyl groups is 1. The molecular weight excluding hydrogens is 263 g/mol. The first-order valence-corrected chi connectivity index (χ1v) is 5.51. The minimum atomic E-state index is -4.53. The molecule has 0 aliphatic carbocycles. The monoisotopic (exact) mass is 277 g/mol. The third-order valence-corrected chi connectivity index (χ3v) is 2.47. The summed E-state index contributed by atoms with van der Waals surface area (Å²) < 4.78 is 37.0. The van der Waals surface area contributed by atoms with Gasteiger partial charge in [-0.25, -0.2) is 0 Å². The van der Waals surface area contributed by atoms with E-state index < -0.39 is 31.8 Å². The van der Waals surface area contributed by atoms with Crippen LogP contribution in [-0.4, -0.2) is 46.9 Å². The molecule has 7 heteroatoms. The van der Waals surface area contributed by atoms with Gasteiger partial charge in [-0.05, 0) is 30.7 Å². The second-order valence-corrected chi connectivity index (χ2v) is 4.07. The minimum absolute atomic E-state index is 0.0352. The Bertz CT molecular complexity index is 460. The topological polar surface area (TPSA) is 60.8 Å². The first-order chi connectivity index (χ1) is 8.74. The van der Waals surface area contributed by atoms with Gasteiger partial charge in [-0.3, -0.25) is 4.79 Å². The van der Waals surface area contributed by atoms with Crippen molar-refractivity contribution in [3.63, 3.8) is 0 Å². The van der Waals surface area contributed by atoms with Crippen molar-refractivity contribution in [1.29, 1.82) is 0 Å². The molecule has 4 nitrogen and oxygen atoms in total. The molecule has 0 aliphatic rings. The Morgan fingerprint density at radius 3 is 2.47 bits per heavy atom. The van der Waals surface area contributed by atoms with Crippen molar-refractivity contribution in [3.8, 4) is 5.75 Å². The molecule has 1 amide bonds. The van der Waals surface area contributed by atoms with Gasteiger partial charge in [-0.15, -0.1) is 0 Å². The molecule has 1 aromatic carbocycles. The van der Waals surface area contributed by atoms with E-state index in [0.29, 0.717) is 10.5 Å². The highest BCUT2D eigenvalue weighted by Gasteiger charge is 2.33. The number of hydrogen-bond donors (Lipinski definition) is 2. The summed E-state index contributed by atoms with van der Waals surface area (Å²) >= 11 is 0. The Kier molecular flexibility index (Phi) is 4.77. The van der Waals surface area contributed by atoms with Crippen LogP contribution in [0, 0.1) is 6.92 Å². The molecule has 1 aromatic rings. The van der Waals surface area contributed by atoms with Gasteiger partial charge in [0.15, 0.2) is 0 Å². The number of benzene rings is 1. The summed E-state index contributed by atoms with van der Waals surface area (Å²) in [4.78, 5) is 12.4. The van der Waals surface area contributed by atoms with Crippen LogP contribution in [0.15, 0.2) is 18.2 Å². The Balaban J connectivity index is 2.95. The molecule has 0 atom stereocenters. The van der Waals surface area contributed by atoms with Gasteiger partial charge in [0.05, 0.1) is 6.61 Å². The fraction of sp³-hybridized carbons (Fsp3) is 0.417. The van der Waals surface area contributed by atoms with E-state index in [1.807, 2.05) is 0 Å². The first kappa shape index (κ1) is 15.3. The summed E-state index contributed by atoms with van der Waals surface area (Å²) in [5, 5.41) is 18.0. The van der Waals surface area contributed by atoms with E-state index in [1.54, 1.807) is 0 Å². The van der Waals surface area contributed by atoms with Gasteiger partial charge in [0.1, 0.15) is 12.3 Å². The average molecular weight is 277 g/mol. The van der Waals surface area contributed by atoms with Crippen LogP contribution in [0.1, 0.15) is 15.9 Å². The molecule has 0 spiro atoms. The lowest BCUT2D eigenvalue weighted by molar-refractivity contribution is -0.141. The van der Waals surface area contributed by atoms with Crippen LogP contribution in [0.2, 0.25) is 0 Å². The Hall–Kier alpha value is -1.76. The number of alkyl halides is 3. The van der Waals surface area contributed by atoms with Crippen molar-refractivity contribution in [2.75, 3.05) is 19.7 Å². The lowest BCUT2D eigenvalue weighted by Gasteiger charge is -2.23. The van der Waals surface area contributed by atoms with E-state index in [-0.39, 0.29) is 11.3 Å².